The van der Waals surface area contributed by atoms with Crippen LogP contribution in [0.15, 0.2) is 71.6 Å². The molecule has 1 fully saturated rings. The fourth-order valence-corrected chi connectivity index (χ4v) is 5.34. The van der Waals surface area contributed by atoms with Crippen molar-refractivity contribution in [2.75, 3.05) is 34.2 Å². The molecule has 1 aliphatic heterocycles. The van der Waals surface area contributed by atoms with Gasteiger partial charge in [-0.25, -0.2) is 17.6 Å². The van der Waals surface area contributed by atoms with E-state index in [1.807, 2.05) is 24.0 Å². The highest BCUT2D eigenvalue weighted by Gasteiger charge is 2.27. The molecule has 0 aliphatic carbocycles. The van der Waals surface area contributed by atoms with Crippen molar-refractivity contribution in [1.82, 2.24) is 0 Å². The van der Waals surface area contributed by atoms with Crippen LogP contribution < -0.4 is 14.5 Å². The molecule has 1 atom stereocenters. The molecule has 7 nitrogen and oxygen atoms in total. The minimum Gasteiger partial charge on any atom is -0.478 e. The fourth-order valence-electron chi connectivity index (χ4n) is 4.26. The maximum atomic E-state index is 13.5. The van der Waals surface area contributed by atoms with Crippen molar-refractivity contribution in [2.24, 2.45) is 0 Å². The lowest BCUT2D eigenvalue weighted by molar-refractivity contribution is 0.0697. The van der Waals surface area contributed by atoms with E-state index in [0.717, 1.165) is 24.4 Å². The summed E-state index contributed by atoms with van der Waals surface area (Å²) < 4.78 is 41.1. The van der Waals surface area contributed by atoms with E-state index in [0.29, 0.717) is 18.8 Å². The van der Waals surface area contributed by atoms with Crippen LogP contribution in [0.4, 0.5) is 21.5 Å². The average Bonchev–Trinajstić information content (AvgIpc) is 2.78. The number of hydrogen-bond donors (Lipinski definition) is 2. The zero-order valence-corrected chi connectivity index (χ0v) is 19.7. The Balaban J connectivity index is 1.56. The summed E-state index contributed by atoms with van der Waals surface area (Å²) in [5.74, 6) is -1.83. The minimum atomic E-state index is -4.07. The predicted molar refractivity (Wildman–Crippen MR) is 131 cm³/mol. The summed E-state index contributed by atoms with van der Waals surface area (Å²) in [7, 11) is -4.07. The molecule has 34 heavy (non-hydrogen) atoms. The number of hydrogen-bond acceptors (Lipinski definition) is 5. The van der Waals surface area contributed by atoms with Gasteiger partial charge in [0.2, 0.25) is 0 Å². The summed E-state index contributed by atoms with van der Waals surface area (Å²) in [6, 6.07) is 17.5. The minimum absolute atomic E-state index is 0.00403. The lowest BCUT2D eigenvalue weighted by Gasteiger charge is -2.42. The summed E-state index contributed by atoms with van der Waals surface area (Å²) in [4.78, 5) is 16.1. The first-order valence-electron chi connectivity index (χ1n) is 10.9. The van der Waals surface area contributed by atoms with Gasteiger partial charge in [0.1, 0.15) is 5.82 Å². The van der Waals surface area contributed by atoms with Crippen molar-refractivity contribution in [3.63, 3.8) is 0 Å². The smallest absolute Gasteiger partial charge is 0.337 e. The third-order valence-corrected chi connectivity index (χ3v) is 7.27. The van der Waals surface area contributed by atoms with Gasteiger partial charge in [-0.15, -0.1) is 0 Å². The van der Waals surface area contributed by atoms with Crippen LogP contribution in [0.1, 0.15) is 22.8 Å². The van der Waals surface area contributed by atoms with Crippen LogP contribution in [0.3, 0.4) is 0 Å². The average molecular weight is 484 g/mol. The fraction of sp³-hybridized carbons (Fsp3) is 0.240. The van der Waals surface area contributed by atoms with Crippen LogP contribution in [0, 0.1) is 12.7 Å². The van der Waals surface area contributed by atoms with E-state index in [1.165, 1.54) is 29.8 Å². The van der Waals surface area contributed by atoms with Gasteiger partial charge < -0.3 is 14.9 Å². The zero-order chi connectivity index (χ0) is 24.5. The number of nitrogens with zero attached hydrogens (tertiary/aromatic N) is 2. The van der Waals surface area contributed by atoms with Crippen LogP contribution in [-0.4, -0.2) is 45.2 Å². The number of nitrogens with one attached hydrogen (secondary N) is 1. The first-order chi connectivity index (χ1) is 16.1. The van der Waals surface area contributed by atoms with Crippen LogP contribution in [0.5, 0.6) is 0 Å². The van der Waals surface area contributed by atoms with Gasteiger partial charge in [0.25, 0.3) is 10.0 Å². The van der Waals surface area contributed by atoms with Crippen LogP contribution in [0.2, 0.25) is 0 Å². The number of sulfonamides is 1. The Morgan fingerprint density at radius 3 is 2.50 bits per heavy atom. The second kappa shape index (κ2) is 9.34. The summed E-state index contributed by atoms with van der Waals surface area (Å²) in [5.41, 5.74) is 2.92. The van der Waals surface area contributed by atoms with Gasteiger partial charge >= 0.3 is 5.97 Å². The molecule has 3 aromatic carbocycles. The van der Waals surface area contributed by atoms with Gasteiger partial charge in [-0.3, -0.25) is 4.72 Å². The molecule has 1 heterocycles. The molecule has 4 rings (SSSR count). The highest BCUT2D eigenvalue weighted by atomic mass is 32.2. The van der Waals surface area contributed by atoms with Gasteiger partial charge in [-0.2, -0.15) is 0 Å². The van der Waals surface area contributed by atoms with Crippen molar-refractivity contribution >= 4 is 33.1 Å². The lowest BCUT2D eigenvalue weighted by atomic mass is 10.1. The first-order valence-corrected chi connectivity index (χ1v) is 12.4. The summed E-state index contributed by atoms with van der Waals surface area (Å²) in [6.45, 7) is 6.09. The third-order valence-electron chi connectivity index (χ3n) is 5.89. The van der Waals surface area contributed by atoms with Crippen LogP contribution >= 0.6 is 0 Å². The topological polar surface area (TPSA) is 90.0 Å². The Kier molecular flexibility index (Phi) is 6.47. The lowest BCUT2D eigenvalue weighted by Crippen LogP contribution is -2.52. The van der Waals surface area contributed by atoms with Gasteiger partial charge in [0.05, 0.1) is 16.1 Å². The number of aromatic carboxylic acids is 1. The van der Waals surface area contributed by atoms with E-state index in [9.17, 15) is 22.7 Å². The molecule has 0 radical (unpaired) electrons. The molecule has 2 N–H and O–H groups in total. The van der Waals surface area contributed by atoms with Crippen LogP contribution in [-0.2, 0) is 10.0 Å². The van der Waals surface area contributed by atoms with Gasteiger partial charge in [-0.1, -0.05) is 18.2 Å². The molecule has 0 saturated carbocycles. The number of rotatable bonds is 6. The largest absolute Gasteiger partial charge is 0.478 e. The Bertz CT molecular complexity index is 1330. The molecule has 178 valence electrons. The molecule has 0 spiro atoms. The number of carboxylic acids is 1. The number of benzene rings is 3. The number of halogens is 1. The normalized spacial score (nSPS) is 16.4. The van der Waals surface area contributed by atoms with Gasteiger partial charge in [0.15, 0.2) is 0 Å². The Morgan fingerprint density at radius 2 is 1.82 bits per heavy atom. The van der Waals surface area contributed by atoms with Crippen LogP contribution in [0.25, 0.3) is 0 Å². The number of anilines is 3. The van der Waals surface area contributed by atoms with Crippen molar-refractivity contribution in [3.05, 3.63) is 83.7 Å². The van der Waals surface area contributed by atoms with Crippen molar-refractivity contribution < 1.29 is 22.7 Å². The molecule has 0 bridgehead atoms. The van der Waals surface area contributed by atoms with E-state index < -0.39 is 21.8 Å². The molecule has 1 aliphatic rings. The molecule has 0 aromatic heterocycles. The molecule has 3 aromatic rings. The molecule has 1 unspecified atom stereocenters. The van der Waals surface area contributed by atoms with Crippen molar-refractivity contribution in [1.29, 1.82) is 0 Å². The number of piperazine rings is 1. The highest BCUT2D eigenvalue weighted by molar-refractivity contribution is 7.92. The second-order valence-corrected chi connectivity index (χ2v) is 10.1. The van der Waals surface area contributed by atoms with E-state index in [2.05, 4.69) is 28.7 Å². The predicted octanol–water partition coefficient (Wildman–Crippen LogP) is 4.35. The van der Waals surface area contributed by atoms with Gasteiger partial charge in [-0.05, 0) is 67.9 Å². The quantitative estimate of drug-likeness (QED) is 0.542. The maximum absolute atomic E-state index is 13.5. The molecule has 1 saturated heterocycles. The second-order valence-electron chi connectivity index (χ2n) is 8.43. The monoisotopic (exact) mass is 483 g/mol. The van der Waals surface area contributed by atoms with E-state index >= 15 is 0 Å². The number of carboxylic acid groups (broad SMARTS) is 1. The standard InChI is InChI=1S/C25H26FN3O4S/c1-17-5-3-7-21(13-17)29-12-11-28(16-18(29)2)24-10-9-20(15-23(24)25(30)31)27-34(32,33)22-8-4-6-19(26)14-22/h3-10,13-15,18,27H,11-12,16H2,1-2H3,(H,30,31). The van der Waals surface area contributed by atoms with Crippen molar-refractivity contribution in [3.8, 4) is 0 Å². The summed E-state index contributed by atoms with van der Waals surface area (Å²) in [5, 5.41) is 9.84. The zero-order valence-electron chi connectivity index (χ0n) is 18.9. The molecular weight excluding hydrogens is 457 g/mol. The summed E-state index contributed by atoms with van der Waals surface area (Å²) >= 11 is 0. The van der Waals surface area contributed by atoms with E-state index in [1.54, 1.807) is 6.07 Å². The summed E-state index contributed by atoms with van der Waals surface area (Å²) in [6.07, 6.45) is 0. The number of aryl methyl sites for hydroxylation is 1. The van der Waals surface area contributed by atoms with Gasteiger partial charge in [0, 0.05) is 37.1 Å². The Labute approximate surface area is 198 Å². The number of carbonyl (C=O) groups is 1. The molecular formula is C25H26FN3O4S. The SMILES string of the molecule is Cc1cccc(N2CCN(c3ccc(NS(=O)(=O)c4cccc(F)c4)cc3C(=O)O)CC2C)c1. The first kappa shape index (κ1) is 23.6. The highest BCUT2D eigenvalue weighted by Crippen LogP contribution is 2.30. The Morgan fingerprint density at radius 1 is 1.06 bits per heavy atom. The molecule has 0 amide bonds. The molecule has 9 heteroatoms. The van der Waals surface area contributed by atoms with E-state index in [4.69, 9.17) is 0 Å². The third kappa shape index (κ3) is 4.99. The van der Waals surface area contributed by atoms with E-state index in [-0.39, 0.29) is 22.2 Å². The maximum Gasteiger partial charge on any atom is 0.337 e. The Hall–Kier alpha value is -3.59. The van der Waals surface area contributed by atoms with Crippen molar-refractivity contribution in [2.45, 2.75) is 24.8 Å².